The zero-order valence-corrected chi connectivity index (χ0v) is 17.3. The third-order valence-corrected chi connectivity index (χ3v) is 4.43. The second-order valence-electron chi connectivity index (χ2n) is 6.96. The average molecular weight is 446 g/mol. The first-order valence-corrected chi connectivity index (χ1v) is 9.40. The van der Waals surface area contributed by atoms with Crippen LogP contribution in [0.2, 0.25) is 0 Å². The molecule has 0 heterocycles. The smallest absolute Gasteiger partial charge is 0.326 e. The molecule has 31 heavy (non-hydrogen) atoms. The Morgan fingerprint density at radius 3 is 1.65 bits per heavy atom. The van der Waals surface area contributed by atoms with Crippen molar-refractivity contribution in [2.45, 2.75) is 57.3 Å². The van der Waals surface area contributed by atoms with Crippen molar-refractivity contribution in [2.24, 2.45) is 23.1 Å². The maximum absolute atomic E-state index is 12.5. The van der Waals surface area contributed by atoms with Crippen LogP contribution in [0.5, 0.6) is 0 Å². The van der Waals surface area contributed by atoms with Gasteiger partial charge in [0.25, 0.3) is 0 Å². The Kier molecular flexibility index (Phi) is 11.7. The molecule has 5 atom stereocenters. The van der Waals surface area contributed by atoms with E-state index in [9.17, 15) is 33.9 Å². The van der Waals surface area contributed by atoms with E-state index in [2.05, 4.69) is 10.6 Å². The first-order chi connectivity index (χ1) is 14.3. The fourth-order valence-corrected chi connectivity index (χ4v) is 2.33. The maximum Gasteiger partial charge on any atom is 0.326 e. The fourth-order valence-electron chi connectivity index (χ4n) is 2.33. The van der Waals surface area contributed by atoms with Crippen molar-refractivity contribution in [3.05, 3.63) is 0 Å². The Morgan fingerprint density at radius 1 is 0.806 bits per heavy atom. The Balaban J connectivity index is 5.32. The molecule has 176 valence electrons. The topological polar surface area (TPSA) is 257 Å². The monoisotopic (exact) mass is 446 g/mol. The number of primary amides is 2. The van der Waals surface area contributed by atoms with Crippen molar-refractivity contribution in [2.75, 3.05) is 6.61 Å². The zero-order valence-electron chi connectivity index (χ0n) is 17.3. The molecule has 0 aromatic rings. The summed E-state index contributed by atoms with van der Waals surface area (Å²) in [7, 11) is 0. The van der Waals surface area contributed by atoms with Crippen LogP contribution >= 0.6 is 0 Å². The molecule has 0 fully saturated rings. The van der Waals surface area contributed by atoms with E-state index in [1.165, 1.54) is 0 Å². The molecule has 0 aliphatic carbocycles. The van der Waals surface area contributed by atoms with E-state index in [-0.39, 0.29) is 5.92 Å². The Morgan fingerprint density at radius 2 is 1.23 bits per heavy atom. The molecule has 14 nitrogen and oxygen atoms in total. The number of carbonyl (C=O) groups is 6. The third-order valence-electron chi connectivity index (χ3n) is 4.43. The van der Waals surface area contributed by atoms with E-state index >= 15 is 0 Å². The van der Waals surface area contributed by atoms with Gasteiger partial charge in [0, 0.05) is 0 Å². The third kappa shape index (κ3) is 9.86. The Hall–Kier alpha value is -3.26. The summed E-state index contributed by atoms with van der Waals surface area (Å²) in [5.74, 6) is -6.63. The number of aliphatic hydroxyl groups excluding tert-OH is 1. The van der Waals surface area contributed by atoms with Gasteiger partial charge < -0.3 is 43.4 Å². The molecule has 0 rings (SSSR count). The van der Waals surface area contributed by atoms with Gasteiger partial charge in [0.15, 0.2) is 0 Å². The molecular weight excluding hydrogens is 416 g/mol. The molecule has 5 amide bonds. The number of nitrogens with two attached hydrogens (primary N) is 3. The quantitative estimate of drug-likeness (QED) is 0.128. The summed E-state index contributed by atoms with van der Waals surface area (Å²) in [5, 5.41) is 24.7. The number of carbonyl (C=O) groups excluding carboxylic acids is 5. The average Bonchev–Trinajstić information content (AvgIpc) is 2.68. The van der Waals surface area contributed by atoms with Gasteiger partial charge in [-0.05, 0) is 5.92 Å². The molecule has 14 heteroatoms. The van der Waals surface area contributed by atoms with Gasteiger partial charge in [0.05, 0.1) is 25.5 Å². The van der Waals surface area contributed by atoms with Gasteiger partial charge in [-0.15, -0.1) is 0 Å². The number of carboxylic acid groups (broad SMARTS) is 1. The van der Waals surface area contributed by atoms with Gasteiger partial charge in [-0.3, -0.25) is 24.0 Å². The Bertz CT molecular complexity index is 700. The second-order valence-corrected chi connectivity index (χ2v) is 6.96. The number of hydrogen-bond donors (Lipinski definition) is 8. The van der Waals surface area contributed by atoms with E-state index in [1.54, 1.807) is 13.8 Å². The van der Waals surface area contributed by atoms with Crippen LogP contribution < -0.4 is 33.2 Å². The lowest BCUT2D eigenvalue weighted by molar-refractivity contribution is -0.144. The van der Waals surface area contributed by atoms with E-state index in [0.29, 0.717) is 6.42 Å². The van der Waals surface area contributed by atoms with Gasteiger partial charge in [-0.25, -0.2) is 4.79 Å². The number of hydrogen-bond acceptors (Lipinski definition) is 8. The molecule has 11 N–H and O–H groups in total. The van der Waals surface area contributed by atoms with Gasteiger partial charge in [0.2, 0.25) is 29.5 Å². The molecule has 0 aliphatic rings. The standard InChI is InChI=1S/C17H30N6O8/c1-3-7(2)13(20)16(29)21-8(4-11(18)25)14(27)23-10(6-24)15(28)22-9(17(30)31)5-12(19)26/h7-10,13,24H,3-6,20H2,1-2H3,(H2,18,25)(H2,19,26)(H,21,29)(H,22,28)(H,23,27)(H,30,31). The number of aliphatic hydroxyl groups is 1. The van der Waals surface area contributed by atoms with Gasteiger partial charge in [-0.2, -0.15) is 0 Å². The van der Waals surface area contributed by atoms with Gasteiger partial charge in [-0.1, -0.05) is 20.3 Å². The minimum atomic E-state index is -1.69. The summed E-state index contributed by atoms with van der Waals surface area (Å²) in [5.41, 5.74) is 15.8. The van der Waals surface area contributed by atoms with Crippen molar-refractivity contribution in [3.63, 3.8) is 0 Å². The highest BCUT2D eigenvalue weighted by molar-refractivity contribution is 5.96. The number of rotatable bonds is 14. The molecule has 0 radical (unpaired) electrons. The van der Waals surface area contributed by atoms with Crippen LogP contribution in [-0.2, 0) is 28.8 Å². The molecule has 0 aliphatic heterocycles. The zero-order chi connectivity index (χ0) is 24.3. The highest BCUT2D eigenvalue weighted by Crippen LogP contribution is 2.06. The molecule has 0 saturated heterocycles. The van der Waals surface area contributed by atoms with Crippen LogP contribution in [0.25, 0.3) is 0 Å². The molecule has 0 aromatic heterocycles. The van der Waals surface area contributed by atoms with Gasteiger partial charge >= 0.3 is 5.97 Å². The summed E-state index contributed by atoms with van der Waals surface area (Å²) >= 11 is 0. The molecular formula is C17H30N6O8. The fraction of sp³-hybridized carbons (Fsp3) is 0.647. The van der Waals surface area contributed by atoms with Crippen molar-refractivity contribution >= 4 is 35.5 Å². The maximum atomic E-state index is 12.5. The van der Waals surface area contributed by atoms with Crippen LogP contribution in [0, 0.1) is 5.92 Å². The van der Waals surface area contributed by atoms with Crippen LogP contribution in [0.1, 0.15) is 33.1 Å². The first-order valence-electron chi connectivity index (χ1n) is 9.40. The SMILES string of the molecule is CCC(C)C(N)C(=O)NC(CC(N)=O)C(=O)NC(CO)C(=O)NC(CC(N)=O)C(=O)O. The normalized spacial score (nSPS) is 15.5. The minimum absolute atomic E-state index is 0.230. The highest BCUT2D eigenvalue weighted by atomic mass is 16.4. The summed E-state index contributed by atoms with van der Waals surface area (Å²) < 4.78 is 0. The van der Waals surface area contributed by atoms with Crippen LogP contribution in [0.4, 0.5) is 0 Å². The second kappa shape index (κ2) is 13.1. The van der Waals surface area contributed by atoms with Crippen LogP contribution in [0.15, 0.2) is 0 Å². The molecule has 0 saturated carbocycles. The number of amides is 5. The van der Waals surface area contributed by atoms with E-state index in [0.717, 1.165) is 0 Å². The van der Waals surface area contributed by atoms with Crippen molar-refractivity contribution in [1.29, 1.82) is 0 Å². The van der Waals surface area contributed by atoms with Gasteiger partial charge in [0.1, 0.15) is 18.1 Å². The lowest BCUT2D eigenvalue weighted by Gasteiger charge is -2.24. The number of nitrogens with one attached hydrogen (secondary N) is 3. The predicted octanol–water partition coefficient (Wildman–Crippen LogP) is -4.36. The Labute approximate surface area is 178 Å². The summed E-state index contributed by atoms with van der Waals surface area (Å²) in [6.07, 6.45) is -0.769. The highest BCUT2D eigenvalue weighted by Gasteiger charge is 2.31. The van der Waals surface area contributed by atoms with Crippen LogP contribution in [0.3, 0.4) is 0 Å². The summed E-state index contributed by atoms with van der Waals surface area (Å²) in [6, 6.07) is -5.82. The predicted molar refractivity (Wildman–Crippen MR) is 106 cm³/mol. The first kappa shape index (κ1) is 27.7. The lowest BCUT2D eigenvalue weighted by atomic mass is 9.99. The van der Waals surface area contributed by atoms with Crippen molar-refractivity contribution in [3.8, 4) is 0 Å². The molecule has 0 bridgehead atoms. The number of carboxylic acids is 1. The minimum Gasteiger partial charge on any atom is -0.480 e. The molecule has 0 aromatic carbocycles. The number of aliphatic carboxylic acids is 1. The van der Waals surface area contributed by atoms with Crippen LogP contribution in [-0.4, -0.2) is 76.5 Å². The van der Waals surface area contributed by atoms with Crippen molar-refractivity contribution in [1.82, 2.24) is 16.0 Å². The van der Waals surface area contributed by atoms with E-state index in [1.807, 2.05) is 5.32 Å². The largest absolute Gasteiger partial charge is 0.480 e. The lowest BCUT2D eigenvalue weighted by Crippen LogP contribution is -2.59. The summed E-state index contributed by atoms with van der Waals surface area (Å²) in [4.78, 5) is 70.3. The molecule has 5 unspecified atom stereocenters. The van der Waals surface area contributed by atoms with Crippen molar-refractivity contribution < 1.29 is 39.0 Å². The molecule has 0 spiro atoms. The van der Waals surface area contributed by atoms with E-state index in [4.69, 9.17) is 22.3 Å². The van der Waals surface area contributed by atoms with E-state index < -0.39 is 79.1 Å². The summed E-state index contributed by atoms with van der Waals surface area (Å²) in [6.45, 7) is 2.56.